The maximum atomic E-state index is 11.7. The Balaban J connectivity index is 2.51. The molecule has 0 bridgehead atoms. The molecular weight excluding hydrogens is 306 g/mol. The van der Waals surface area contributed by atoms with Gasteiger partial charge in [0, 0.05) is 22.1 Å². The van der Waals surface area contributed by atoms with Crippen molar-refractivity contribution >= 4 is 37.0 Å². The maximum Gasteiger partial charge on any atom is 0.270 e. The Morgan fingerprint density at radius 1 is 1.37 bits per heavy atom. The Bertz CT molecular complexity index is 521. The highest BCUT2D eigenvalue weighted by atomic mass is 35.7. The van der Waals surface area contributed by atoms with Gasteiger partial charge in [-0.25, -0.2) is 8.42 Å². The van der Waals surface area contributed by atoms with Crippen LogP contribution in [0.5, 0.6) is 0 Å². The average molecular weight is 324 g/mol. The lowest BCUT2D eigenvalue weighted by Gasteiger charge is -2.12. The zero-order valence-electron chi connectivity index (χ0n) is 11.0. The van der Waals surface area contributed by atoms with E-state index in [-0.39, 0.29) is 16.5 Å². The van der Waals surface area contributed by atoms with Crippen LogP contribution in [0.1, 0.15) is 31.6 Å². The molecule has 0 aliphatic heterocycles. The predicted molar refractivity (Wildman–Crippen MR) is 78.1 cm³/mol. The molecule has 1 amide bonds. The van der Waals surface area contributed by atoms with Gasteiger partial charge in [-0.2, -0.15) is 0 Å². The van der Waals surface area contributed by atoms with E-state index in [2.05, 4.69) is 19.2 Å². The Morgan fingerprint density at radius 3 is 2.47 bits per heavy atom. The smallest absolute Gasteiger partial charge is 0.270 e. The van der Waals surface area contributed by atoms with Gasteiger partial charge in [0.2, 0.25) is 5.91 Å². The number of amides is 1. The number of carbonyl (C=O) groups excluding carboxylic acids is 1. The first-order valence-electron chi connectivity index (χ1n) is 6.16. The van der Waals surface area contributed by atoms with Gasteiger partial charge in [0.05, 0.1) is 6.42 Å². The fourth-order valence-electron chi connectivity index (χ4n) is 1.64. The van der Waals surface area contributed by atoms with E-state index < -0.39 is 9.05 Å². The molecule has 1 N–H and O–H groups in total. The van der Waals surface area contributed by atoms with Crippen LogP contribution in [-0.4, -0.2) is 20.9 Å². The Labute approximate surface area is 122 Å². The molecule has 0 spiro atoms. The molecule has 0 saturated carbocycles. The lowest BCUT2D eigenvalue weighted by molar-refractivity contribution is -0.120. The van der Waals surface area contributed by atoms with Crippen LogP contribution >= 0.6 is 22.0 Å². The predicted octanol–water partition coefficient (Wildman–Crippen LogP) is 2.77. The lowest BCUT2D eigenvalue weighted by Crippen LogP contribution is -2.29. The zero-order chi connectivity index (χ0) is 14.5. The summed E-state index contributed by atoms with van der Waals surface area (Å²) in [6.45, 7) is 4.85. The average Bonchev–Trinajstić information content (AvgIpc) is 2.78. The van der Waals surface area contributed by atoms with E-state index in [0.717, 1.165) is 24.2 Å². The number of rotatable bonds is 7. The fraction of sp³-hybridized carbons (Fsp3) is 0.583. The summed E-state index contributed by atoms with van der Waals surface area (Å²) in [7, 11) is 1.54. The van der Waals surface area contributed by atoms with Gasteiger partial charge < -0.3 is 5.32 Å². The monoisotopic (exact) mass is 323 g/mol. The highest BCUT2D eigenvalue weighted by molar-refractivity contribution is 8.15. The molecule has 108 valence electrons. The summed E-state index contributed by atoms with van der Waals surface area (Å²) in [4.78, 5) is 12.4. The van der Waals surface area contributed by atoms with Crippen LogP contribution in [0.25, 0.3) is 0 Å². The molecule has 0 fully saturated rings. The minimum absolute atomic E-state index is 0.0805. The molecule has 0 aromatic carbocycles. The topological polar surface area (TPSA) is 63.2 Å². The van der Waals surface area contributed by atoms with Gasteiger partial charge in [0.15, 0.2) is 0 Å². The normalized spacial score (nSPS) is 11.8. The van der Waals surface area contributed by atoms with E-state index in [1.54, 1.807) is 6.07 Å². The molecule has 19 heavy (non-hydrogen) atoms. The van der Waals surface area contributed by atoms with Crippen LogP contribution in [0.2, 0.25) is 0 Å². The molecular formula is C12H18ClNO3S2. The van der Waals surface area contributed by atoms with Crippen LogP contribution in [0.15, 0.2) is 16.3 Å². The third-order valence-corrected chi connectivity index (χ3v) is 6.13. The molecule has 0 saturated heterocycles. The minimum atomic E-state index is -3.69. The second kappa shape index (κ2) is 7.26. The molecule has 0 radical (unpaired) electrons. The van der Waals surface area contributed by atoms with Crippen LogP contribution in [0.4, 0.5) is 0 Å². The number of hydrogen-bond acceptors (Lipinski definition) is 4. The van der Waals surface area contributed by atoms with Gasteiger partial charge in [-0.1, -0.05) is 26.7 Å². The van der Waals surface area contributed by atoms with Crippen molar-refractivity contribution in [1.82, 2.24) is 5.32 Å². The van der Waals surface area contributed by atoms with Gasteiger partial charge >= 0.3 is 0 Å². The van der Waals surface area contributed by atoms with Gasteiger partial charge in [-0.3, -0.25) is 4.79 Å². The Kier molecular flexibility index (Phi) is 6.29. The molecule has 1 rings (SSSR count). The van der Waals surface area contributed by atoms with Crippen molar-refractivity contribution in [2.45, 2.75) is 37.3 Å². The highest BCUT2D eigenvalue weighted by Gasteiger charge is 2.15. The number of thiophene rings is 1. The third-order valence-electron chi connectivity index (χ3n) is 2.95. The molecule has 1 heterocycles. The molecule has 0 unspecified atom stereocenters. The first-order valence-corrected chi connectivity index (χ1v) is 9.29. The van der Waals surface area contributed by atoms with Crippen LogP contribution in [0, 0.1) is 5.92 Å². The summed E-state index contributed by atoms with van der Waals surface area (Å²) in [6.07, 6.45) is 2.26. The van der Waals surface area contributed by atoms with E-state index in [1.165, 1.54) is 6.07 Å². The van der Waals surface area contributed by atoms with Crippen LogP contribution in [-0.2, 0) is 20.3 Å². The van der Waals surface area contributed by atoms with E-state index in [9.17, 15) is 13.2 Å². The highest BCUT2D eigenvalue weighted by Crippen LogP contribution is 2.25. The van der Waals surface area contributed by atoms with Crippen LogP contribution < -0.4 is 5.32 Å². The van der Waals surface area contributed by atoms with Gasteiger partial charge in [0.1, 0.15) is 4.21 Å². The summed E-state index contributed by atoms with van der Waals surface area (Å²) < 4.78 is 22.3. The zero-order valence-corrected chi connectivity index (χ0v) is 13.4. The Hall–Kier alpha value is -0.590. The fourth-order valence-corrected chi connectivity index (χ4v) is 3.76. The molecule has 1 aromatic heterocycles. The molecule has 4 nitrogen and oxygen atoms in total. The summed E-state index contributed by atoms with van der Waals surface area (Å²) in [6, 6.07) is 3.05. The van der Waals surface area contributed by atoms with E-state index in [0.29, 0.717) is 17.3 Å². The number of carbonyl (C=O) groups is 1. The molecule has 0 atom stereocenters. The largest absolute Gasteiger partial charge is 0.356 e. The van der Waals surface area contributed by atoms with E-state index in [1.807, 2.05) is 0 Å². The first kappa shape index (κ1) is 16.5. The molecule has 1 aromatic rings. The van der Waals surface area contributed by atoms with Crippen molar-refractivity contribution in [3.05, 3.63) is 17.0 Å². The second-order valence-electron chi connectivity index (χ2n) is 4.32. The quantitative estimate of drug-likeness (QED) is 0.785. The van der Waals surface area contributed by atoms with Crippen molar-refractivity contribution in [1.29, 1.82) is 0 Å². The van der Waals surface area contributed by atoms with Crippen LogP contribution in [0.3, 0.4) is 0 Å². The maximum absolute atomic E-state index is 11.7. The summed E-state index contributed by atoms with van der Waals surface area (Å²) in [5, 5.41) is 2.87. The van der Waals surface area contributed by atoms with Gasteiger partial charge in [-0.15, -0.1) is 11.3 Å². The van der Waals surface area contributed by atoms with Crippen molar-refractivity contribution < 1.29 is 13.2 Å². The third kappa shape index (κ3) is 5.50. The SMILES string of the molecule is CCC(CC)CNC(=O)Cc1ccc(S(=O)(=O)Cl)s1. The molecule has 0 aliphatic rings. The minimum Gasteiger partial charge on any atom is -0.356 e. The standard InChI is InChI=1S/C12H18ClNO3S2/c1-3-9(4-2)8-14-11(15)7-10-5-6-12(18-10)19(13,16)17/h5-6,9H,3-4,7-8H2,1-2H3,(H,14,15). The first-order chi connectivity index (χ1) is 8.86. The number of nitrogens with one attached hydrogen (secondary N) is 1. The van der Waals surface area contributed by atoms with Crippen molar-refractivity contribution in [2.24, 2.45) is 5.92 Å². The summed E-state index contributed by atoms with van der Waals surface area (Å²) >= 11 is 1.03. The molecule has 7 heteroatoms. The van der Waals surface area contributed by atoms with Crippen molar-refractivity contribution in [3.8, 4) is 0 Å². The van der Waals surface area contributed by atoms with Crippen molar-refractivity contribution in [3.63, 3.8) is 0 Å². The molecule has 0 aliphatic carbocycles. The number of halogens is 1. The summed E-state index contributed by atoms with van der Waals surface area (Å²) in [5.74, 6) is 0.401. The number of hydrogen-bond donors (Lipinski definition) is 1. The van der Waals surface area contributed by atoms with Crippen molar-refractivity contribution in [2.75, 3.05) is 6.54 Å². The van der Waals surface area contributed by atoms with E-state index in [4.69, 9.17) is 10.7 Å². The summed E-state index contributed by atoms with van der Waals surface area (Å²) in [5.41, 5.74) is 0. The van der Waals surface area contributed by atoms with Gasteiger partial charge in [-0.05, 0) is 18.1 Å². The Morgan fingerprint density at radius 2 is 2.00 bits per heavy atom. The lowest BCUT2D eigenvalue weighted by atomic mass is 10.0. The van der Waals surface area contributed by atoms with Gasteiger partial charge in [0.25, 0.3) is 9.05 Å². The van der Waals surface area contributed by atoms with E-state index >= 15 is 0 Å². The second-order valence-corrected chi connectivity index (χ2v) is 8.28.